The SMILES string of the molecule is CCNc1c(C)c(CC)nc2c(F)cc(C)c(F)c12. The lowest BCUT2D eigenvalue weighted by molar-refractivity contribution is 0.607. The monoisotopic (exact) mass is 264 g/mol. The van der Waals surface area contributed by atoms with E-state index in [1.54, 1.807) is 6.92 Å². The molecule has 0 bridgehead atoms. The molecule has 0 aliphatic carbocycles. The summed E-state index contributed by atoms with van der Waals surface area (Å²) in [5, 5.41) is 3.40. The molecule has 1 aromatic heterocycles. The Morgan fingerprint density at radius 3 is 2.47 bits per heavy atom. The largest absolute Gasteiger partial charge is 0.384 e. The molecular weight excluding hydrogens is 246 g/mol. The van der Waals surface area contributed by atoms with Gasteiger partial charge >= 0.3 is 0 Å². The average molecular weight is 264 g/mol. The summed E-state index contributed by atoms with van der Waals surface area (Å²) in [6.07, 6.45) is 0.690. The number of hydrogen-bond donors (Lipinski definition) is 1. The molecule has 0 spiro atoms. The molecule has 19 heavy (non-hydrogen) atoms. The summed E-state index contributed by atoms with van der Waals surface area (Å²) in [7, 11) is 0. The first-order chi connectivity index (χ1) is 9.01. The molecule has 0 fully saturated rings. The van der Waals surface area contributed by atoms with Gasteiger partial charge in [0.15, 0.2) is 0 Å². The van der Waals surface area contributed by atoms with Gasteiger partial charge in [-0.25, -0.2) is 13.8 Å². The van der Waals surface area contributed by atoms with Crippen molar-refractivity contribution in [2.45, 2.75) is 34.1 Å². The van der Waals surface area contributed by atoms with Crippen molar-refractivity contribution >= 4 is 16.6 Å². The van der Waals surface area contributed by atoms with Crippen LogP contribution in [0.2, 0.25) is 0 Å². The first-order valence-corrected chi connectivity index (χ1v) is 6.52. The highest BCUT2D eigenvalue weighted by Crippen LogP contribution is 2.33. The first-order valence-electron chi connectivity index (χ1n) is 6.52. The summed E-state index contributed by atoms with van der Waals surface area (Å²) in [5.74, 6) is -0.867. The number of anilines is 1. The molecule has 2 rings (SSSR count). The highest BCUT2D eigenvalue weighted by molar-refractivity contribution is 5.94. The maximum atomic E-state index is 14.3. The molecule has 0 aliphatic rings. The standard InChI is InChI=1S/C15H18F2N2/c1-5-11-9(4)14(18-6-2)12-13(17)8(3)7-10(16)15(12)19-11/h7H,5-6H2,1-4H3,(H,18,19). The number of benzene rings is 1. The van der Waals surface area contributed by atoms with Crippen LogP contribution in [0.4, 0.5) is 14.5 Å². The fourth-order valence-electron chi connectivity index (χ4n) is 2.37. The zero-order chi connectivity index (χ0) is 14.2. The second kappa shape index (κ2) is 5.11. The number of pyridine rings is 1. The normalized spacial score (nSPS) is 11.1. The third-order valence-corrected chi connectivity index (χ3v) is 3.37. The van der Waals surface area contributed by atoms with Crippen molar-refractivity contribution < 1.29 is 8.78 Å². The van der Waals surface area contributed by atoms with Crippen LogP contribution in [0.15, 0.2) is 6.07 Å². The maximum Gasteiger partial charge on any atom is 0.149 e. The molecule has 0 atom stereocenters. The van der Waals surface area contributed by atoms with Crippen molar-refractivity contribution in [3.8, 4) is 0 Å². The summed E-state index contributed by atoms with van der Waals surface area (Å²) in [6, 6.07) is 1.20. The molecule has 4 heteroatoms. The summed E-state index contributed by atoms with van der Waals surface area (Å²) in [4.78, 5) is 4.28. The highest BCUT2D eigenvalue weighted by atomic mass is 19.1. The third-order valence-electron chi connectivity index (χ3n) is 3.37. The number of aromatic nitrogens is 1. The van der Waals surface area contributed by atoms with Crippen molar-refractivity contribution in [3.05, 3.63) is 34.5 Å². The average Bonchev–Trinajstić information content (AvgIpc) is 2.38. The van der Waals surface area contributed by atoms with Crippen LogP contribution >= 0.6 is 0 Å². The minimum Gasteiger partial charge on any atom is -0.384 e. The molecule has 0 aliphatic heterocycles. The smallest absolute Gasteiger partial charge is 0.149 e. The Morgan fingerprint density at radius 2 is 1.89 bits per heavy atom. The van der Waals surface area contributed by atoms with Crippen molar-refractivity contribution in [2.75, 3.05) is 11.9 Å². The molecular formula is C15H18F2N2. The van der Waals surface area contributed by atoms with Gasteiger partial charge in [-0.15, -0.1) is 0 Å². The molecule has 0 radical (unpaired) electrons. The van der Waals surface area contributed by atoms with Gasteiger partial charge in [-0.3, -0.25) is 0 Å². The Labute approximate surface area is 111 Å². The van der Waals surface area contributed by atoms with Gasteiger partial charge in [0.25, 0.3) is 0 Å². The van der Waals surface area contributed by atoms with Crippen LogP contribution in [0.5, 0.6) is 0 Å². The Kier molecular flexibility index (Phi) is 3.69. The van der Waals surface area contributed by atoms with Crippen molar-refractivity contribution in [2.24, 2.45) is 0 Å². The van der Waals surface area contributed by atoms with Crippen LogP contribution in [0.1, 0.15) is 30.7 Å². The molecule has 1 aromatic carbocycles. The Bertz CT molecular complexity index is 636. The number of nitrogens with one attached hydrogen (secondary N) is 1. The van der Waals surface area contributed by atoms with Crippen LogP contribution in [0.25, 0.3) is 10.9 Å². The van der Waals surface area contributed by atoms with Crippen molar-refractivity contribution in [1.82, 2.24) is 4.98 Å². The van der Waals surface area contributed by atoms with E-state index in [-0.39, 0.29) is 10.9 Å². The van der Waals surface area contributed by atoms with Gasteiger partial charge in [-0.2, -0.15) is 0 Å². The lowest BCUT2D eigenvalue weighted by Crippen LogP contribution is -2.07. The number of rotatable bonds is 3. The van der Waals surface area contributed by atoms with E-state index >= 15 is 0 Å². The summed E-state index contributed by atoms with van der Waals surface area (Å²) >= 11 is 0. The Morgan fingerprint density at radius 1 is 1.21 bits per heavy atom. The van der Waals surface area contributed by atoms with Crippen LogP contribution in [-0.2, 0) is 6.42 Å². The van der Waals surface area contributed by atoms with Crippen LogP contribution in [-0.4, -0.2) is 11.5 Å². The predicted octanol–water partition coefficient (Wildman–Crippen LogP) is 4.12. The van der Waals surface area contributed by atoms with E-state index in [0.29, 0.717) is 24.2 Å². The number of halogens is 2. The fourth-order valence-corrected chi connectivity index (χ4v) is 2.37. The minimum absolute atomic E-state index is 0.113. The number of nitrogens with zero attached hydrogens (tertiary/aromatic N) is 1. The molecule has 0 amide bonds. The summed E-state index contributed by atoms with van der Waals surface area (Å²) in [5.41, 5.74) is 2.76. The molecule has 1 N–H and O–H groups in total. The molecule has 2 aromatic rings. The fraction of sp³-hybridized carbons (Fsp3) is 0.400. The lowest BCUT2D eigenvalue weighted by Gasteiger charge is -2.16. The highest BCUT2D eigenvalue weighted by Gasteiger charge is 2.18. The lowest BCUT2D eigenvalue weighted by atomic mass is 10.0. The quantitative estimate of drug-likeness (QED) is 0.901. The van der Waals surface area contributed by atoms with Crippen LogP contribution in [0, 0.1) is 25.5 Å². The van der Waals surface area contributed by atoms with Gasteiger partial charge < -0.3 is 5.32 Å². The van der Waals surface area contributed by atoms with Gasteiger partial charge in [0, 0.05) is 12.2 Å². The summed E-state index contributed by atoms with van der Waals surface area (Å²) in [6.45, 7) is 8.00. The number of fused-ring (bicyclic) bond motifs is 1. The summed E-state index contributed by atoms with van der Waals surface area (Å²) < 4.78 is 28.4. The minimum atomic E-state index is -0.470. The van der Waals surface area contributed by atoms with Crippen molar-refractivity contribution in [1.29, 1.82) is 0 Å². The number of hydrogen-bond acceptors (Lipinski definition) is 2. The maximum absolute atomic E-state index is 14.3. The van der Waals surface area contributed by atoms with Gasteiger partial charge in [-0.05, 0) is 44.4 Å². The van der Waals surface area contributed by atoms with E-state index in [4.69, 9.17) is 0 Å². The van der Waals surface area contributed by atoms with E-state index in [1.165, 1.54) is 6.07 Å². The van der Waals surface area contributed by atoms with Crippen LogP contribution in [0.3, 0.4) is 0 Å². The second-order valence-electron chi connectivity index (χ2n) is 4.66. The molecule has 1 heterocycles. The van der Waals surface area contributed by atoms with E-state index < -0.39 is 11.6 Å². The van der Waals surface area contributed by atoms with Gasteiger partial charge in [0.1, 0.15) is 17.2 Å². The second-order valence-corrected chi connectivity index (χ2v) is 4.66. The zero-order valence-electron chi connectivity index (χ0n) is 11.7. The van der Waals surface area contributed by atoms with Gasteiger partial charge in [0.2, 0.25) is 0 Å². The van der Waals surface area contributed by atoms with E-state index in [9.17, 15) is 8.78 Å². The van der Waals surface area contributed by atoms with Gasteiger partial charge in [0.05, 0.1) is 11.1 Å². The van der Waals surface area contributed by atoms with Crippen molar-refractivity contribution in [3.63, 3.8) is 0 Å². The van der Waals surface area contributed by atoms with Crippen LogP contribution < -0.4 is 5.32 Å². The molecule has 0 saturated heterocycles. The zero-order valence-corrected chi connectivity index (χ0v) is 11.7. The molecule has 2 nitrogen and oxygen atoms in total. The topological polar surface area (TPSA) is 24.9 Å². The molecule has 0 saturated carbocycles. The predicted molar refractivity (Wildman–Crippen MR) is 74.7 cm³/mol. The Hall–Kier alpha value is -1.71. The van der Waals surface area contributed by atoms with E-state index in [0.717, 1.165) is 11.3 Å². The molecule has 102 valence electrons. The van der Waals surface area contributed by atoms with E-state index in [2.05, 4.69) is 10.3 Å². The number of aryl methyl sites for hydroxylation is 2. The first kappa shape index (κ1) is 13.7. The molecule has 0 unspecified atom stereocenters. The Balaban J connectivity index is 2.96. The van der Waals surface area contributed by atoms with Gasteiger partial charge in [-0.1, -0.05) is 6.92 Å². The third kappa shape index (κ3) is 2.15. The van der Waals surface area contributed by atoms with E-state index in [1.807, 2.05) is 20.8 Å².